The van der Waals surface area contributed by atoms with E-state index in [1.165, 1.54) is 0 Å². The van der Waals surface area contributed by atoms with Gasteiger partial charge in [-0.05, 0) is 50.0 Å². The number of piperidine rings is 1. The molecule has 1 aliphatic rings. The minimum atomic E-state index is -0.451. The van der Waals surface area contributed by atoms with Crippen molar-refractivity contribution in [3.63, 3.8) is 0 Å². The number of hydrogen-bond acceptors (Lipinski definition) is 3. The molecule has 0 saturated carbocycles. The monoisotopic (exact) mass is 305 g/mol. The molecule has 21 heavy (non-hydrogen) atoms. The summed E-state index contributed by atoms with van der Waals surface area (Å²) in [5.41, 5.74) is 0.583. The Morgan fingerprint density at radius 1 is 1.52 bits per heavy atom. The molecule has 112 valence electrons. The first-order valence-corrected chi connectivity index (χ1v) is 7.54. The summed E-state index contributed by atoms with van der Waals surface area (Å²) in [6, 6.07) is 6.95. The normalized spacial score (nSPS) is 18.9. The maximum absolute atomic E-state index is 12.6. The van der Waals surface area contributed by atoms with Gasteiger partial charge in [-0.3, -0.25) is 4.79 Å². The van der Waals surface area contributed by atoms with Crippen molar-refractivity contribution in [1.82, 2.24) is 5.32 Å². The third-order valence-electron chi connectivity index (χ3n) is 4.25. The van der Waals surface area contributed by atoms with Crippen molar-refractivity contribution in [1.29, 1.82) is 5.26 Å². The second-order valence-electron chi connectivity index (χ2n) is 6.03. The lowest BCUT2D eigenvalue weighted by Gasteiger charge is -2.36. The lowest BCUT2D eigenvalue weighted by molar-refractivity contribution is -0.127. The molecule has 1 aromatic rings. The number of nitriles is 1. The highest BCUT2D eigenvalue weighted by molar-refractivity contribution is 6.32. The van der Waals surface area contributed by atoms with Gasteiger partial charge in [0, 0.05) is 11.1 Å². The molecule has 0 aromatic heterocycles. The highest BCUT2D eigenvalue weighted by Crippen LogP contribution is 2.33. The predicted molar refractivity (Wildman–Crippen MR) is 84.2 cm³/mol. The van der Waals surface area contributed by atoms with Crippen molar-refractivity contribution < 1.29 is 4.79 Å². The minimum absolute atomic E-state index is 0.0167. The summed E-state index contributed by atoms with van der Waals surface area (Å²) < 4.78 is 0. The fourth-order valence-electron chi connectivity index (χ4n) is 2.63. The molecular formula is C16H20ClN3O. The van der Waals surface area contributed by atoms with Crippen LogP contribution in [0.1, 0.15) is 32.3 Å². The van der Waals surface area contributed by atoms with Crippen LogP contribution in [0.3, 0.4) is 0 Å². The average Bonchev–Trinajstić information content (AvgIpc) is 2.48. The first-order chi connectivity index (χ1) is 9.95. The molecule has 1 aromatic carbocycles. The van der Waals surface area contributed by atoms with E-state index in [1.807, 2.05) is 19.9 Å². The Hall–Kier alpha value is -1.57. The molecule has 1 saturated heterocycles. The summed E-state index contributed by atoms with van der Waals surface area (Å²) in [5, 5.41) is 15.5. The Labute approximate surface area is 130 Å². The van der Waals surface area contributed by atoms with Crippen LogP contribution in [-0.4, -0.2) is 19.0 Å². The van der Waals surface area contributed by atoms with Gasteiger partial charge < -0.3 is 10.6 Å². The molecule has 1 unspecified atom stereocenters. The average molecular weight is 306 g/mol. The van der Waals surface area contributed by atoms with Crippen LogP contribution in [-0.2, 0) is 4.79 Å². The fourth-order valence-corrected chi connectivity index (χ4v) is 2.85. The molecule has 0 radical (unpaired) electrons. The van der Waals surface area contributed by atoms with Crippen molar-refractivity contribution in [2.45, 2.75) is 26.7 Å². The van der Waals surface area contributed by atoms with Crippen LogP contribution in [0.2, 0.25) is 5.02 Å². The van der Waals surface area contributed by atoms with Crippen LogP contribution in [0.4, 0.5) is 5.69 Å². The van der Waals surface area contributed by atoms with Gasteiger partial charge in [0.15, 0.2) is 0 Å². The zero-order valence-electron chi connectivity index (χ0n) is 12.4. The van der Waals surface area contributed by atoms with E-state index in [2.05, 4.69) is 10.6 Å². The van der Waals surface area contributed by atoms with Crippen molar-refractivity contribution in [2.24, 2.45) is 11.3 Å². The minimum Gasteiger partial charge on any atom is -0.326 e. The van der Waals surface area contributed by atoms with Gasteiger partial charge in [-0.25, -0.2) is 0 Å². The molecule has 1 aliphatic heterocycles. The number of amides is 1. The van der Waals surface area contributed by atoms with Crippen LogP contribution in [0.15, 0.2) is 18.2 Å². The lowest BCUT2D eigenvalue weighted by atomic mass is 9.74. The number of halogens is 1. The van der Waals surface area contributed by atoms with E-state index in [-0.39, 0.29) is 5.91 Å². The molecule has 5 heteroatoms. The first-order valence-electron chi connectivity index (χ1n) is 7.17. The Kier molecular flexibility index (Phi) is 4.87. The third kappa shape index (κ3) is 3.55. The smallest absolute Gasteiger partial charge is 0.230 e. The maximum Gasteiger partial charge on any atom is 0.230 e. The van der Waals surface area contributed by atoms with E-state index in [1.54, 1.807) is 18.2 Å². The van der Waals surface area contributed by atoms with Crippen LogP contribution >= 0.6 is 11.6 Å². The predicted octanol–water partition coefficient (Wildman–Crippen LogP) is 3.18. The molecule has 0 aliphatic carbocycles. The first kappa shape index (κ1) is 15.8. The molecule has 0 spiro atoms. The largest absolute Gasteiger partial charge is 0.326 e. The van der Waals surface area contributed by atoms with Gasteiger partial charge >= 0.3 is 0 Å². The summed E-state index contributed by atoms with van der Waals surface area (Å²) in [5.74, 6) is 0.303. The highest BCUT2D eigenvalue weighted by Gasteiger charge is 2.37. The number of nitrogens with zero attached hydrogens (tertiary/aromatic N) is 1. The summed E-state index contributed by atoms with van der Waals surface area (Å²) in [6.45, 7) is 5.85. The molecule has 0 bridgehead atoms. The van der Waals surface area contributed by atoms with E-state index in [0.29, 0.717) is 22.2 Å². The van der Waals surface area contributed by atoms with Crippen LogP contribution in [0.25, 0.3) is 0 Å². The van der Waals surface area contributed by atoms with Gasteiger partial charge in [-0.15, -0.1) is 0 Å². The van der Waals surface area contributed by atoms with Crippen molar-refractivity contribution in [2.75, 3.05) is 18.4 Å². The summed E-state index contributed by atoms with van der Waals surface area (Å²) in [7, 11) is 0. The Morgan fingerprint density at radius 2 is 2.29 bits per heavy atom. The molecule has 1 heterocycles. The zero-order chi connectivity index (χ0) is 15.5. The molecule has 1 fully saturated rings. The quantitative estimate of drug-likeness (QED) is 0.901. The second kappa shape index (κ2) is 6.46. The Bertz CT molecular complexity index is 571. The number of anilines is 1. The number of nitrogens with one attached hydrogen (secondary N) is 2. The van der Waals surface area contributed by atoms with E-state index >= 15 is 0 Å². The number of rotatable bonds is 3. The van der Waals surface area contributed by atoms with Gasteiger partial charge in [-0.2, -0.15) is 5.26 Å². The Balaban J connectivity index is 2.09. The Morgan fingerprint density at radius 3 is 2.86 bits per heavy atom. The van der Waals surface area contributed by atoms with Crippen LogP contribution in [0.5, 0.6) is 0 Å². The molecule has 2 rings (SSSR count). The molecule has 1 atom stereocenters. The SMILES string of the molecule is CC(C)(C(=O)Nc1ccc(C#N)c(Cl)c1)C1CCCNC1. The van der Waals surface area contributed by atoms with Crippen LogP contribution in [0, 0.1) is 22.7 Å². The maximum atomic E-state index is 12.6. The van der Waals surface area contributed by atoms with Crippen molar-refractivity contribution in [3.05, 3.63) is 28.8 Å². The van der Waals surface area contributed by atoms with Gasteiger partial charge in [-0.1, -0.05) is 25.4 Å². The fraction of sp³-hybridized carbons (Fsp3) is 0.500. The molecular weight excluding hydrogens is 286 g/mol. The van der Waals surface area contributed by atoms with E-state index in [9.17, 15) is 4.79 Å². The standard InChI is InChI=1S/C16H20ClN3O/c1-16(2,12-4-3-7-19-10-12)15(21)20-13-6-5-11(9-18)14(17)8-13/h5-6,8,12,19H,3-4,7,10H2,1-2H3,(H,20,21). The topological polar surface area (TPSA) is 64.9 Å². The number of hydrogen-bond donors (Lipinski definition) is 2. The van der Waals surface area contributed by atoms with Crippen molar-refractivity contribution >= 4 is 23.2 Å². The number of carbonyl (C=O) groups is 1. The summed E-state index contributed by atoms with van der Waals surface area (Å²) in [6.07, 6.45) is 2.16. The van der Waals surface area contributed by atoms with Crippen molar-refractivity contribution in [3.8, 4) is 6.07 Å². The molecule has 1 amide bonds. The third-order valence-corrected chi connectivity index (χ3v) is 4.56. The summed E-state index contributed by atoms with van der Waals surface area (Å²) in [4.78, 5) is 12.6. The van der Waals surface area contributed by atoms with E-state index < -0.39 is 5.41 Å². The number of benzene rings is 1. The van der Waals surface area contributed by atoms with Gasteiger partial charge in [0.1, 0.15) is 6.07 Å². The van der Waals surface area contributed by atoms with E-state index in [4.69, 9.17) is 16.9 Å². The van der Waals surface area contributed by atoms with Gasteiger partial charge in [0.2, 0.25) is 5.91 Å². The zero-order valence-corrected chi connectivity index (χ0v) is 13.1. The summed E-state index contributed by atoms with van der Waals surface area (Å²) >= 11 is 5.99. The highest BCUT2D eigenvalue weighted by atomic mass is 35.5. The molecule has 2 N–H and O–H groups in total. The number of carbonyl (C=O) groups excluding carboxylic acids is 1. The van der Waals surface area contributed by atoms with Gasteiger partial charge in [0.25, 0.3) is 0 Å². The molecule has 4 nitrogen and oxygen atoms in total. The second-order valence-corrected chi connectivity index (χ2v) is 6.43. The van der Waals surface area contributed by atoms with E-state index in [0.717, 1.165) is 25.9 Å². The lowest BCUT2D eigenvalue weighted by Crippen LogP contribution is -2.44. The van der Waals surface area contributed by atoms with Crippen LogP contribution < -0.4 is 10.6 Å². The van der Waals surface area contributed by atoms with Gasteiger partial charge in [0.05, 0.1) is 10.6 Å².